The SMILES string of the molecule is COC(=O)c1cccc(N(CCC(=O)NCc2ccco2)C(C)=O)c1. The van der Waals surface area contributed by atoms with Crippen molar-refractivity contribution in [3.8, 4) is 0 Å². The van der Waals surface area contributed by atoms with Crippen molar-refractivity contribution in [3.63, 3.8) is 0 Å². The lowest BCUT2D eigenvalue weighted by molar-refractivity contribution is -0.121. The van der Waals surface area contributed by atoms with Crippen LogP contribution in [-0.2, 0) is 20.9 Å². The first-order chi connectivity index (χ1) is 12.0. The van der Waals surface area contributed by atoms with Crippen LogP contribution in [0.15, 0.2) is 47.1 Å². The highest BCUT2D eigenvalue weighted by Crippen LogP contribution is 2.17. The average Bonchev–Trinajstić information content (AvgIpc) is 3.13. The Labute approximate surface area is 145 Å². The summed E-state index contributed by atoms with van der Waals surface area (Å²) < 4.78 is 9.82. The molecule has 2 aromatic rings. The Balaban J connectivity index is 1.97. The van der Waals surface area contributed by atoms with Crippen molar-refractivity contribution < 1.29 is 23.5 Å². The van der Waals surface area contributed by atoms with Gasteiger partial charge in [-0.1, -0.05) is 6.07 Å². The molecule has 0 aliphatic heterocycles. The minimum absolute atomic E-state index is 0.128. The fraction of sp³-hybridized carbons (Fsp3) is 0.278. The van der Waals surface area contributed by atoms with E-state index < -0.39 is 5.97 Å². The standard InChI is InChI=1S/C18H20N2O5/c1-13(21)20(15-6-3-5-14(11-15)18(23)24-2)9-8-17(22)19-12-16-7-4-10-25-16/h3-7,10-11H,8-9,12H2,1-2H3,(H,19,22). The summed E-state index contributed by atoms with van der Waals surface area (Å²) in [6, 6.07) is 10.0. The molecule has 25 heavy (non-hydrogen) atoms. The van der Waals surface area contributed by atoms with Gasteiger partial charge in [0.15, 0.2) is 0 Å². The Morgan fingerprint density at radius 1 is 1.20 bits per heavy atom. The highest BCUT2D eigenvalue weighted by molar-refractivity contribution is 5.95. The molecule has 0 aliphatic rings. The summed E-state index contributed by atoms with van der Waals surface area (Å²) >= 11 is 0. The van der Waals surface area contributed by atoms with Gasteiger partial charge in [-0.15, -0.1) is 0 Å². The molecule has 132 valence electrons. The number of rotatable bonds is 7. The van der Waals surface area contributed by atoms with E-state index in [0.29, 0.717) is 23.6 Å². The highest BCUT2D eigenvalue weighted by Gasteiger charge is 2.15. The topological polar surface area (TPSA) is 88.8 Å². The van der Waals surface area contributed by atoms with Gasteiger partial charge in [0.1, 0.15) is 5.76 Å². The normalized spacial score (nSPS) is 10.2. The van der Waals surface area contributed by atoms with Gasteiger partial charge >= 0.3 is 5.97 Å². The molecule has 1 N–H and O–H groups in total. The molecule has 7 nitrogen and oxygen atoms in total. The van der Waals surface area contributed by atoms with Crippen molar-refractivity contribution in [2.45, 2.75) is 19.9 Å². The predicted molar refractivity (Wildman–Crippen MR) is 91.0 cm³/mol. The summed E-state index contributed by atoms with van der Waals surface area (Å²) in [5, 5.41) is 2.72. The van der Waals surface area contributed by atoms with Gasteiger partial charge in [0.2, 0.25) is 11.8 Å². The largest absolute Gasteiger partial charge is 0.467 e. The second kappa shape index (κ2) is 8.68. The van der Waals surface area contributed by atoms with Gasteiger partial charge in [0, 0.05) is 25.6 Å². The maximum absolute atomic E-state index is 12.0. The third-order valence-corrected chi connectivity index (χ3v) is 3.56. The van der Waals surface area contributed by atoms with Crippen molar-refractivity contribution in [1.82, 2.24) is 5.32 Å². The molecule has 1 aromatic heterocycles. The summed E-state index contributed by atoms with van der Waals surface area (Å²) in [5.74, 6) is -0.253. The van der Waals surface area contributed by atoms with E-state index in [1.807, 2.05) is 0 Å². The van der Waals surface area contributed by atoms with Crippen LogP contribution in [0.4, 0.5) is 5.69 Å². The van der Waals surface area contributed by atoms with Crippen molar-refractivity contribution in [2.24, 2.45) is 0 Å². The molecule has 7 heteroatoms. The zero-order valence-corrected chi connectivity index (χ0v) is 14.2. The number of carbonyl (C=O) groups is 3. The monoisotopic (exact) mass is 344 g/mol. The minimum Gasteiger partial charge on any atom is -0.467 e. The molecule has 0 radical (unpaired) electrons. The first-order valence-corrected chi connectivity index (χ1v) is 7.77. The number of hydrogen-bond acceptors (Lipinski definition) is 5. The van der Waals surface area contributed by atoms with E-state index in [1.54, 1.807) is 36.4 Å². The first kappa shape index (κ1) is 18.3. The van der Waals surface area contributed by atoms with Gasteiger partial charge in [-0.25, -0.2) is 4.79 Å². The minimum atomic E-state index is -0.485. The number of amides is 2. The fourth-order valence-corrected chi connectivity index (χ4v) is 2.29. The number of furan rings is 1. The number of esters is 1. The number of benzene rings is 1. The van der Waals surface area contributed by atoms with Gasteiger partial charge < -0.3 is 19.4 Å². The number of methoxy groups -OCH3 is 1. The van der Waals surface area contributed by atoms with Crippen LogP contribution >= 0.6 is 0 Å². The number of ether oxygens (including phenoxy) is 1. The van der Waals surface area contributed by atoms with E-state index in [-0.39, 0.29) is 24.8 Å². The van der Waals surface area contributed by atoms with Crippen LogP contribution in [0.2, 0.25) is 0 Å². The Bertz CT molecular complexity index is 740. The van der Waals surface area contributed by atoms with E-state index >= 15 is 0 Å². The molecule has 0 unspecified atom stereocenters. The summed E-state index contributed by atoms with van der Waals surface area (Å²) in [4.78, 5) is 36.9. The molecule has 0 saturated heterocycles. The van der Waals surface area contributed by atoms with Gasteiger partial charge in [0.25, 0.3) is 0 Å². The molecule has 0 spiro atoms. The Kier molecular flexibility index (Phi) is 6.33. The Hall–Kier alpha value is -3.09. The molecule has 2 rings (SSSR count). The third-order valence-electron chi connectivity index (χ3n) is 3.56. The van der Waals surface area contributed by atoms with Gasteiger partial charge in [-0.2, -0.15) is 0 Å². The van der Waals surface area contributed by atoms with Gasteiger partial charge in [0.05, 0.1) is 25.5 Å². The molecule has 0 saturated carbocycles. The van der Waals surface area contributed by atoms with Crippen molar-refractivity contribution in [3.05, 3.63) is 54.0 Å². The van der Waals surface area contributed by atoms with Crippen LogP contribution < -0.4 is 10.2 Å². The maximum Gasteiger partial charge on any atom is 0.337 e. The number of nitrogens with zero attached hydrogens (tertiary/aromatic N) is 1. The zero-order valence-electron chi connectivity index (χ0n) is 14.2. The Morgan fingerprint density at radius 2 is 2.00 bits per heavy atom. The molecular formula is C18H20N2O5. The van der Waals surface area contributed by atoms with Crippen LogP contribution in [0.25, 0.3) is 0 Å². The number of nitrogens with one attached hydrogen (secondary N) is 1. The second-order valence-corrected chi connectivity index (χ2v) is 5.32. The third kappa shape index (κ3) is 5.20. The van der Waals surface area contributed by atoms with Crippen LogP contribution in [0.5, 0.6) is 0 Å². The first-order valence-electron chi connectivity index (χ1n) is 7.77. The van der Waals surface area contributed by atoms with Gasteiger partial charge in [-0.3, -0.25) is 9.59 Å². The predicted octanol–water partition coefficient (Wildman–Crippen LogP) is 2.13. The zero-order chi connectivity index (χ0) is 18.2. The molecule has 0 aliphatic carbocycles. The number of anilines is 1. The molecule has 0 fully saturated rings. The van der Waals surface area contributed by atoms with Crippen LogP contribution in [0.1, 0.15) is 29.5 Å². The number of hydrogen-bond donors (Lipinski definition) is 1. The average molecular weight is 344 g/mol. The summed E-state index contributed by atoms with van der Waals surface area (Å²) in [6.45, 7) is 1.90. The smallest absolute Gasteiger partial charge is 0.337 e. The van der Waals surface area contributed by atoms with Crippen LogP contribution in [-0.4, -0.2) is 31.4 Å². The van der Waals surface area contributed by atoms with E-state index in [0.717, 1.165) is 0 Å². The Morgan fingerprint density at radius 3 is 2.64 bits per heavy atom. The lowest BCUT2D eigenvalue weighted by atomic mass is 10.2. The van der Waals surface area contributed by atoms with Crippen LogP contribution in [0, 0.1) is 0 Å². The summed E-state index contributed by atoms with van der Waals surface area (Å²) in [7, 11) is 1.29. The molecule has 2 amide bonds. The lowest BCUT2D eigenvalue weighted by Crippen LogP contribution is -2.33. The summed E-state index contributed by atoms with van der Waals surface area (Å²) in [5.41, 5.74) is 0.878. The van der Waals surface area contributed by atoms with E-state index in [9.17, 15) is 14.4 Å². The van der Waals surface area contributed by atoms with E-state index in [1.165, 1.54) is 25.2 Å². The molecule has 1 heterocycles. The molecule has 0 bridgehead atoms. The van der Waals surface area contributed by atoms with E-state index in [4.69, 9.17) is 4.42 Å². The second-order valence-electron chi connectivity index (χ2n) is 5.32. The maximum atomic E-state index is 12.0. The summed E-state index contributed by atoms with van der Waals surface area (Å²) in [6.07, 6.45) is 1.66. The lowest BCUT2D eigenvalue weighted by Gasteiger charge is -2.21. The molecule has 0 atom stereocenters. The van der Waals surface area contributed by atoms with E-state index in [2.05, 4.69) is 10.1 Å². The van der Waals surface area contributed by atoms with Crippen molar-refractivity contribution in [2.75, 3.05) is 18.6 Å². The fourth-order valence-electron chi connectivity index (χ4n) is 2.29. The molecule has 1 aromatic carbocycles. The van der Waals surface area contributed by atoms with Crippen molar-refractivity contribution in [1.29, 1.82) is 0 Å². The quantitative estimate of drug-likeness (QED) is 0.777. The van der Waals surface area contributed by atoms with Gasteiger partial charge in [-0.05, 0) is 30.3 Å². The number of carbonyl (C=O) groups excluding carboxylic acids is 3. The van der Waals surface area contributed by atoms with Crippen LogP contribution in [0.3, 0.4) is 0 Å². The highest BCUT2D eigenvalue weighted by atomic mass is 16.5. The molecular weight excluding hydrogens is 324 g/mol. The van der Waals surface area contributed by atoms with Crippen molar-refractivity contribution >= 4 is 23.5 Å².